The summed E-state index contributed by atoms with van der Waals surface area (Å²) in [7, 11) is 0. The average Bonchev–Trinajstić information content (AvgIpc) is 3.04. The molecule has 0 radical (unpaired) electrons. The summed E-state index contributed by atoms with van der Waals surface area (Å²) in [6, 6.07) is 9.49. The normalized spacial score (nSPS) is 11.0. The van der Waals surface area contributed by atoms with Gasteiger partial charge >= 0.3 is 0 Å². The second kappa shape index (κ2) is 5.21. The first-order valence-corrected chi connectivity index (χ1v) is 7.28. The van der Waals surface area contributed by atoms with Crippen molar-refractivity contribution in [3.63, 3.8) is 0 Å². The van der Waals surface area contributed by atoms with Crippen molar-refractivity contribution in [2.24, 2.45) is 0 Å². The Kier molecular flexibility index (Phi) is 3.05. The Labute approximate surface area is 132 Å². The number of aromatic amines is 1. The molecule has 5 nitrogen and oxygen atoms in total. The van der Waals surface area contributed by atoms with E-state index < -0.39 is 0 Å². The number of hydrogen-bond donors (Lipinski definition) is 1. The molecule has 0 unspecified atom stereocenters. The molecule has 23 heavy (non-hydrogen) atoms. The van der Waals surface area contributed by atoms with Crippen molar-refractivity contribution in [1.29, 1.82) is 0 Å². The van der Waals surface area contributed by atoms with Gasteiger partial charge in [0, 0.05) is 52.6 Å². The molecule has 4 rings (SSSR count). The van der Waals surface area contributed by atoms with Crippen LogP contribution in [-0.4, -0.2) is 19.4 Å². The lowest BCUT2D eigenvalue weighted by Crippen LogP contribution is -2.01. The van der Waals surface area contributed by atoms with E-state index in [4.69, 9.17) is 0 Å². The molecule has 0 atom stereocenters. The molecular formula is C18H14N4O. The number of nitrogens with zero attached hydrogens (tertiary/aromatic N) is 3. The van der Waals surface area contributed by atoms with Gasteiger partial charge in [-0.3, -0.25) is 9.78 Å². The van der Waals surface area contributed by atoms with Gasteiger partial charge in [-0.15, -0.1) is 0 Å². The van der Waals surface area contributed by atoms with E-state index in [1.54, 1.807) is 12.5 Å². The van der Waals surface area contributed by atoms with Gasteiger partial charge in [-0.1, -0.05) is 6.07 Å². The first-order valence-electron chi connectivity index (χ1n) is 7.28. The van der Waals surface area contributed by atoms with Gasteiger partial charge in [0.15, 0.2) is 0 Å². The highest BCUT2D eigenvalue weighted by molar-refractivity contribution is 5.83. The topological polar surface area (TPSA) is 63.0 Å². The molecule has 4 aromatic rings. The predicted molar refractivity (Wildman–Crippen MR) is 89.2 cm³/mol. The molecule has 0 aliphatic carbocycles. The molecule has 0 saturated heterocycles. The number of pyridine rings is 3. The van der Waals surface area contributed by atoms with Gasteiger partial charge in [0.05, 0.1) is 18.0 Å². The summed E-state index contributed by atoms with van der Waals surface area (Å²) in [5.41, 5.74) is 5.89. The molecule has 0 aromatic carbocycles. The average molecular weight is 302 g/mol. The summed E-state index contributed by atoms with van der Waals surface area (Å²) in [6.07, 6.45) is 9.21. The van der Waals surface area contributed by atoms with E-state index in [9.17, 15) is 4.79 Å². The summed E-state index contributed by atoms with van der Waals surface area (Å²) < 4.78 is 1.98. The van der Waals surface area contributed by atoms with Crippen LogP contribution < -0.4 is 5.56 Å². The van der Waals surface area contributed by atoms with Crippen molar-refractivity contribution >= 4 is 5.52 Å². The minimum absolute atomic E-state index is 0.114. The van der Waals surface area contributed by atoms with Crippen LogP contribution in [0, 0.1) is 6.92 Å². The second-order valence-corrected chi connectivity index (χ2v) is 5.46. The molecule has 0 aliphatic heterocycles. The van der Waals surface area contributed by atoms with Crippen LogP contribution in [0.1, 0.15) is 5.69 Å². The zero-order chi connectivity index (χ0) is 15.8. The number of rotatable bonds is 2. The quantitative estimate of drug-likeness (QED) is 0.619. The maximum Gasteiger partial charge on any atom is 0.247 e. The number of hydrogen-bond acceptors (Lipinski definition) is 3. The summed E-state index contributed by atoms with van der Waals surface area (Å²) in [4.78, 5) is 22.6. The molecule has 0 amide bonds. The lowest BCUT2D eigenvalue weighted by molar-refractivity contribution is 1.15. The summed E-state index contributed by atoms with van der Waals surface area (Å²) in [6.45, 7) is 1.97. The number of fused-ring (bicyclic) bond motifs is 1. The molecule has 4 heterocycles. The van der Waals surface area contributed by atoms with E-state index in [0.29, 0.717) is 0 Å². The zero-order valence-corrected chi connectivity index (χ0v) is 12.5. The van der Waals surface area contributed by atoms with Crippen LogP contribution in [0.15, 0.2) is 66.2 Å². The molecule has 112 valence electrons. The van der Waals surface area contributed by atoms with Crippen molar-refractivity contribution < 1.29 is 0 Å². The first-order chi connectivity index (χ1) is 11.2. The summed E-state index contributed by atoms with van der Waals surface area (Å²) in [5.74, 6) is 0. The third kappa shape index (κ3) is 2.42. The Morgan fingerprint density at radius 3 is 2.65 bits per heavy atom. The Bertz CT molecular complexity index is 1020. The third-order valence-corrected chi connectivity index (χ3v) is 3.86. The molecular weight excluding hydrogens is 288 g/mol. The predicted octanol–water partition coefficient (Wildman–Crippen LogP) is 3.06. The number of nitrogens with one attached hydrogen (secondary N) is 1. The fourth-order valence-corrected chi connectivity index (χ4v) is 2.64. The first kappa shape index (κ1) is 13.5. The van der Waals surface area contributed by atoms with Gasteiger partial charge in [0.2, 0.25) is 5.56 Å². The minimum Gasteiger partial charge on any atom is -0.328 e. The van der Waals surface area contributed by atoms with E-state index in [1.165, 1.54) is 6.07 Å². The fraction of sp³-hybridized carbons (Fsp3) is 0.0556. The van der Waals surface area contributed by atoms with E-state index in [1.807, 2.05) is 42.0 Å². The van der Waals surface area contributed by atoms with Gasteiger partial charge in [0.1, 0.15) is 0 Å². The van der Waals surface area contributed by atoms with Crippen molar-refractivity contribution in [1.82, 2.24) is 19.4 Å². The molecule has 0 saturated carbocycles. The van der Waals surface area contributed by atoms with E-state index in [-0.39, 0.29) is 5.56 Å². The van der Waals surface area contributed by atoms with E-state index in [0.717, 1.165) is 33.5 Å². The standard InChI is InChI=1S/C18H14N4O/c1-12-2-3-13(7-20-12)15-6-16(14-4-5-18(23)21-8-14)17-9-19-11-22(17)10-15/h2-11H,1H3,(H,21,23). The van der Waals surface area contributed by atoms with Crippen molar-refractivity contribution in [2.45, 2.75) is 6.92 Å². The summed E-state index contributed by atoms with van der Waals surface area (Å²) in [5, 5.41) is 0. The van der Waals surface area contributed by atoms with Gasteiger partial charge in [-0.05, 0) is 25.1 Å². The largest absolute Gasteiger partial charge is 0.328 e. The molecule has 5 heteroatoms. The van der Waals surface area contributed by atoms with Crippen LogP contribution in [0.4, 0.5) is 0 Å². The fourth-order valence-electron chi connectivity index (χ4n) is 2.64. The highest BCUT2D eigenvalue weighted by Gasteiger charge is 2.09. The highest BCUT2D eigenvalue weighted by Crippen LogP contribution is 2.29. The minimum atomic E-state index is -0.114. The number of aryl methyl sites for hydroxylation is 1. The van der Waals surface area contributed by atoms with Gasteiger partial charge < -0.3 is 9.38 Å². The lowest BCUT2D eigenvalue weighted by atomic mass is 10.0. The van der Waals surface area contributed by atoms with Crippen LogP contribution in [0.5, 0.6) is 0 Å². The molecule has 1 N–H and O–H groups in total. The summed E-state index contributed by atoms with van der Waals surface area (Å²) >= 11 is 0. The van der Waals surface area contributed by atoms with Gasteiger partial charge in [-0.25, -0.2) is 4.98 Å². The zero-order valence-electron chi connectivity index (χ0n) is 12.5. The SMILES string of the molecule is Cc1ccc(-c2cc(-c3ccc(=O)[nH]c3)c3cncn3c2)cn1. The number of imidazole rings is 1. The lowest BCUT2D eigenvalue weighted by Gasteiger charge is -2.09. The molecule has 0 spiro atoms. The van der Waals surface area contributed by atoms with Crippen LogP contribution in [0.2, 0.25) is 0 Å². The van der Waals surface area contributed by atoms with Crippen LogP contribution in [-0.2, 0) is 0 Å². The molecule has 0 bridgehead atoms. The van der Waals surface area contributed by atoms with Crippen LogP contribution >= 0.6 is 0 Å². The van der Waals surface area contributed by atoms with Crippen molar-refractivity contribution in [3.05, 3.63) is 77.5 Å². The number of H-pyrrole nitrogens is 1. The molecule has 0 fully saturated rings. The van der Waals surface area contributed by atoms with Crippen molar-refractivity contribution in [2.75, 3.05) is 0 Å². The van der Waals surface area contributed by atoms with E-state index >= 15 is 0 Å². The third-order valence-electron chi connectivity index (χ3n) is 3.86. The maximum atomic E-state index is 11.3. The van der Waals surface area contributed by atoms with E-state index in [2.05, 4.69) is 27.1 Å². The van der Waals surface area contributed by atoms with Crippen molar-refractivity contribution in [3.8, 4) is 22.3 Å². The highest BCUT2D eigenvalue weighted by atomic mass is 16.1. The monoisotopic (exact) mass is 302 g/mol. The number of aromatic nitrogens is 4. The Morgan fingerprint density at radius 2 is 1.91 bits per heavy atom. The molecule has 4 aromatic heterocycles. The Hall–Kier alpha value is -3.21. The Morgan fingerprint density at radius 1 is 1.04 bits per heavy atom. The van der Waals surface area contributed by atoms with Crippen LogP contribution in [0.3, 0.4) is 0 Å². The smallest absolute Gasteiger partial charge is 0.247 e. The Balaban J connectivity index is 1.95. The van der Waals surface area contributed by atoms with Gasteiger partial charge in [0.25, 0.3) is 0 Å². The van der Waals surface area contributed by atoms with Crippen LogP contribution in [0.25, 0.3) is 27.8 Å². The molecule has 0 aliphatic rings. The van der Waals surface area contributed by atoms with Gasteiger partial charge in [-0.2, -0.15) is 0 Å². The maximum absolute atomic E-state index is 11.3. The second-order valence-electron chi connectivity index (χ2n) is 5.46.